The SMILES string of the molecule is COc1ccc(C)cc1NC(=O)/C(C#N)=C/c1cc(OC)c(OCc2ccccc2C#N)cc1Br. The van der Waals surface area contributed by atoms with Gasteiger partial charge in [-0.3, -0.25) is 4.79 Å². The maximum absolute atomic E-state index is 12.8. The molecule has 35 heavy (non-hydrogen) atoms. The normalized spacial score (nSPS) is 10.6. The second kappa shape index (κ2) is 11.7. The van der Waals surface area contributed by atoms with Crippen molar-refractivity contribution in [2.24, 2.45) is 0 Å². The van der Waals surface area contributed by atoms with Crippen LogP contribution in [0, 0.1) is 29.6 Å². The van der Waals surface area contributed by atoms with Crippen molar-refractivity contribution in [1.29, 1.82) is 10.5 Å². The number of aryl methyl sites for hydroxylation is 1. The van der Waals surface area contributed by atoms with Crippen molar-refractivity contribution in [3.8, 4) is 29.4 Å². The fourth-order valence-corrected chi connectivity index (χ4v) is 3.69. The summed E-state index contributed by atoms with van der Waals surface area (Å²) < 4.78 is 17.2. The van der Waals surface area contributed by atoms with E-state index in [2.05, 4.69) is 27.3 Å². The van der Waals surface area contributed by atoms with Crippen molar-refractivity contribution in [1.82, 2.24) is 0 Å². The fraction of sp³-hybridized carbons (Fsp3) is 0.148. The highest BCUT2D eigenvalue weighted by Gasteiger charge is 2.16. The van der Waals surface area contributed by atoms with Crippen LogP contribution in [0.25, 0.3) is 6.08 Å². The number of hydrogen-bond acceptors (Lipinski definition) is 6. The number of nitriles is 2. The van der Waals surface area contributed by atoms with Gasteiger partial charge in [0.15, 0.2) is 11.5 Å². The van der Waals surface area contributed by atoms with Crippen molar-refractivity contribution in [2.45, 2.75) is 13.5 Å². The van der Waals surface area contributed by atoms with Gasteiger partial charge in [0.25, 0.3) is 5.91 Å². The lowest BCUT2D eigenvalue weighted by atomic mass is 10.1. The second-order valence-electron chi connectivity index (χ2n) is 7.41. The van der Waals surface area contributed by atoms with E-state index >= 15 is 0 Å². The standard InChI is InChI=1S/C27H22BrN3O4/c1-17-8-9-24(33-2)23(10-17)31-27(32)21(15-30)11-20-12-25(34-3)26(13-22(20)28)35-16-19-7-5-4-6-18(19)14-29/h4-13H,16H2,1-3H3,(H,31,32)/b21-11+. The van der Waals surface area contributed by atoms with E-state index in [1.165, 1.54) is 20.3 Å². The van der Waals surface area contributed by atoms with Gasteiger partial charge in [0.1, 0.15) is 24.0 Å². The zero-order chi connectivity index (χ0) is 25.4. The molecule has 176 valence electrons. The predicted molar refractivity (Wildman–Crippen MR) is 136 cm³/mol. The van der Waals surface area contributed by atoms with Crippen molar-refractivity contribution in [3.63, 3.8) is 0 Å². The Hall–Kier alpha value is -4.27. The Labute approximate surface area is 212 Å². The lowest BCUT2D eigenvalue weighted by molar-refractivity contribution is -0.112. The molecule has 0 saturated carbocycles. The van der Waals surface area contributed by atoms with Crippen LogP contribution in [0.5, 0.6) is 17.2 Å². The summed E-state index contributed by atoms with van der Waals surface area (Å²) in [5, 5.41) is 21.6. The second-order valence-corrected chi connectivity index (χ2v) is 8.26. The number of carbonyl (C=O) groups is 1. The Balaban J connectivity index is 1.86. The van der Waals surface area contributed by atoms with E-state index in [0.29, 0.717) is 38.5 Å². The van der Waals surface area contributed by atoms with E-state index in [0.717, 1.165) is 11.1 Å². The van der Waals surface area contributed by atoms with Crippen LogP contribution in [0.2, 0.25) is 0 Å². The molecule has 1 N–H and O–H groups in total. The first-order valence-electron chi connectivity index (χ1n) is 10.5. The molecule has 1 amide bonds. The Morgan fingerprint density at radius 2 is 1.77 bits per heavy atom. The number of amides is 1. The molecular weight excluding hydrogens is 510 g/mol. The van der Waals surface area contributed by atoms with Crippen LogP contribution in [0.3, 0.4) is 0 Å². The van der Waals surface area contributed by atoms with Gasteiger partial charge in [-0.25, -0.2) is 0 Å². The monoisotopic (exact) mass is 531 g/mol. The molecule has 3 rings (SSSR count). The van der Waals surface area contributed by atoms with Crippen molar-refractivity contribution < 1.29 is 19.0 Å². The number of halogens is 1. The molecule has 8 heteroatoms. The lowest BCUT2D eigenvalue weighted by Crippen LogP contribution is -2.14. The average Bonchev–Trinajstić information content (AvgIpc) is 2.87. The summed E-state index contributed by atoms with van der Waals surface area (Å²) in [5.74, 6) is 0.767. The van der Waals surface area contributed by atoms with Gasteiger partial charge in [0, 0.05) is 10.0 Å². The molecule has 0 aromatic heterocycles. The first-order valence-corrected chi connectivity index (χ1v) is 11.3. The molecule has 0 saturated heterocycles. The van der Waals surface area contributed by atoms with Gasteiger partial charge >= 0.3 is 0 Å². The molecule has 3 aromatic carbocycles. The zero-order valence-electron chi connectivity index (χ0n) is 19.4. The van der Waals surface area contributed by atoms with Crippen LogP contribution in [-0.2, 0) is 11.4 Å². The zero-order valence-corrected chi connectivity index (χ0v) is 21.0. The van der Waals surface area contributed by atoms with E-state index in [1.807, 2.05) is 31.2 Å². The summed E-state index contributed by atoms with van der Waals surface area (Å²) in [4.78, 5) is 12.8. The Bertz CT molecular complexity index is 1370. The number of rotatable bonds is 8. The van der Waals surface area contributed by atoms with Crippen LogP contribution in [0.15, 0.2) is 64.6 Å². The highest BCUT2D eigenvalue weighted by molar-refractivity contribution is 9.10. The first-order chi connectivity index (χ1) is 16.9. The van der Waals surface area contributed by atoms with Crippen LogP contribution >= 0.6 is 15.9 Å². The largest absolute Gasteiger partial charge is 0.495 e. The molecule has 3 aromatic rings. The molecule has 0 spiro atoms. The quantitative estimate of drug-likeness (QED) is 0.292. The van der Waals surface area contributed by atoms with E-state index in [-0.39, 0.29) is 12.2 Å². The van der Waals surface area contributed by atoms with Crippen LogP contribution in [0.1, 0.15) is 22.3 Å². The number of carbonyl (C=O) groups excluding carboxylic acids is 1. The predicted octanol–water partition coefficient (Wildman–Crippen LogP) is 5.77. The fourth-order valence-electron chi connectivity index (χ4n) is 3.26. The number of hydrogen-bond donors (Lipinski definition) is 1. The van der Waals surface area contributed by atoms with E-state index in [1.54, 1.807) is 36.4 Å². The van der Waals surface area contributed by atoms with Crippen LogP contribution in [0.4, 0.5) is 5.69 Å². The molecule has 0 aliphatic carbocycles. The molecule has 0 heterocycles. The maximum atomic E-state index is 12.8. The first kappa shape index (κ1) is 25.4. The number of methoxy groups -OCH3 is 2. The third-order valence-electron chi connectivity index (χ3n) is 5.07. The van der Waals surface area contributed by atoms with E-state index in [4.69, 9.17) is 14.2 Å². The molecule has 0 aliphatic rings. The lowest BCUT2D eigenvalue weighted by Gasteiger charge is -2.14. The summed E-state index contributed by atoms with van der Waals surface area (Å²) in [7, 11) is 3.00. The summed E-state index contributed by atoms with van der Waals surface area (Å²) in [5.41, 5.74) is 3.12. The minimum atomic E-state index is -0.573. The van der Waals surface area contributed by atoms with Gasteiger partial charge in [-0.2, -0.15) is 10.5 Å². The van der Waals surface area contributed by atoms with Crippen LogP contribution in [-0.4, -0.2) is 20.1 Å². The van der Waals surface area contributed by atoms with Gasteiger partial charge < -0.3 is 19.5 Å². The minimum absolute atomic E-state index is 0.104. The summed E-state index contributed by atoms with van der Waals surface area (Å²) >= 11 is 3.48. The maximum Gasteiger partial charge on any atom is 0.266 e. The third kappa shape index (κ3) is 6.20. The van der Waals surface area contributed by atoms with Crippen LogP contribution < -0.4 is 19.5 Å². The Morgan fingerprint density at radius 3 is 2.46 bits per heavy atom. The highest BCUT2D eigenvalue weighted by atomic mass is 79.9. The molecule has 0 fully saturated rings. The van der Waals surface area contributed by atoms with E-state index in [9.17, 15) is 15.3 Å². The molecule has 0 aliphatic heterocycles. The summed E-state index contributed by atoms with van der Waals surface area (Å²) in [6.07, 6.45) is 1.46. The molecule has 0 bridgehead atoms. The van der Waals surface area contributed by atoms with Gasteiger partial charge in [0.05, 0.1) is 31.5 Å². The van der Waals surface area contributed by atoms with Gasteiger partial charge in [-0.05, 0) is 54.5 Å². The smallest absolute Gasteiger partial charge is 0.266 e. The van der Waals surface area contributed by atoms with Crippen molar-refractivity contribution in [3.05, 3.63) is 86.9 Å². The Kier molecular flexibility index (Phi) is 8.50. The number of nitrogens with one attached hydrogen (secondary N) is 1. The Morgan fingerprint density at radius 1 is 1.03 bits per heavy atom. The minimum Gasteiger partial charge on any atom is -0.495 e. The van der Waals surface area contributed by atoms with Gasteiger partial charge in [-0.15, -0.1) is 0 Å². The molecule has 0 unspecified atom stereocenters. The molecule has 0 atom stereocenters. The van der Waals surface area contributed by atoms with Gasteiger partial charge in [-0.1, -0.05) is 40.2 Å². The third-order valence-corrected chi connectivity index (χ3v) is 5.76. The summed E-state index contributed by atoms with van der Waals surface area (Å²) in [6.45, 7) is 2.06. The average molecular weight is 532 g/mol. The van der Waals surface area contributed by atoms with Gasteiger partial charge in [0.2, 0.25) is 0 Å². The topological polar surface area (TPSA) is 104 Å². The molecule has 7 nitrogen and oxygen atoms in total. The molecule has 0 radical (unpaired) electrons. The highest BCUT2D eigenvalue weighted by Crippen LogP contribution is 2.35. The van der Waals surface area contributed by atoms with Crippen molar-refractivity contribution in [2.75, 3.05) is 19.5 Å². The number of nitrogens with zero attached hydrogens (tertiary/aromatic N) is 2. The van der Waals surface area contributed by atoms with Crippen molar-refractivity contribution >= 4 is 33.6 Å². The summed E-state index contributed by atoms with van der Waals surface area (Å²) in [6, 6.07) is 20.0. The number of benzene rings is 3. The number of ether oxygens (including phenoxy) is 3. The number of anilines is 1. The molecular formula is C27H22BrN3O4. The van der Waals surface area contributed by atoms with E-state index < -0.39 is 5.91 Å².